The van der Waals surface area contributed by atoms with Gasteiger partial charge in [0.25, 0.3) is 0 Å². The Kier molecular flexibility index (Phi) is 7.78. The highest BCUT2D eigenvalue weighted by molar-refractivity contribution is 9.10. The van der Waals surface area contributed by atoms with Gasteiger partial charge in [-0.25, -0.2) is 4.79 Å². The molecule has 2 N–H and O–H groups in total. The molecule has 1 aliphatic heterocycles. The Hall–Kier alpha value is -2.32. The topological polar surface area (TPSA) is 94.1 Å². The molecule has 1 aliphatic carbocycles. The second kappa shape index (κ2) is 10.3. The van der Waals surface area contributed by atoms with Gasteiger partial charge in [0.1, 0.15) is 6.61 Å². The van der Waals surface area contributed by atoms with Crippen LogP contribution in [0.4, 0.5) is 0 Å². The van der Waals surface area contributed by atoms with Crippen LogP contribution in [0, 0.1) is 0 Å². The highest BCUT2D eigenvalue weighted by Crippen LogP contribution is 2.46. The first kappa shape index (κ1) is 23.3. The Morgan fingerprint density at radius 2 is 2.00 bits per heavy atom. The summed E-state index contributed by atoms with van der Waals surface area (Å²) in [4.78, 5) is 26.1. The van der Waals surface area contributed by atoms with E-state index in [0.717, 1.165) is 18.5 Å². The number of allylic oxidation sites excluding steroid dienone is 3. The third-order valence-electron chi connectivity index (χ3n) is 5.34. The minimum Gasteiger partial charge on any atom is -0.503 e. The van der Waals surface area contributed by atoms with Crippen LogP contribution in [-0.2, 0) is 19.1 Å². The summed E-state index contributed by atoms with van der Waals surface area (Å²) in [7, 11) is 0. The number of phenolic OH excluding ortho intramolecular Hbond substituents is 1. The number of rotatable bonds is 8. The largest absolute Gasteiger partial charge is 0.503 e. The summed E-state index contributed by atoms with van der Waals surface area (Å²) in [6.07, 6.45) is 1.93. The lowest BCUT2D eigenvalue weighted by Crippen LogP contribution is -2.34. The molecule has 0 aromatic heterocycles. The number of dihydropyridines is 1. The van der Waals surface area contributed by atoms with Gasteiger partial charge >= 0.3 is 5.97 Å². The monoisotopic (exact) mass is 493 g/mol. The molecule has 1 heterocycles. The number of hydrogen-bond acceptors (Lipinski definition) is 7. The van der Waals surface area contributed by atoms with E-state index in [0.29, 0.717) is 53.1 Å². The Balaban J connectivity index is 2.08. The van der Waals surface area contributed by atoms with Crippen LogP contribution in [0.25, 0.3) is 0 Å². The minimum atomic E-state index is -0.611. The molecule has 1 atom stereocenters. The molecule has 1 aromatic carbocycles. The molecule has 0 saturated carbocycles. The maximum absolute atomic E-state index is 13.1. The number of nitrogens with one attached hydrogen (secondary N) is 1. The SMILES string of the molecule is CCOCCOC(=O)C1=C(C)NC2=C(C(=O)CCC2)C1c1cc(Br)c(O)c(OCC)c1. The van der Waals surface area contributed by atoms with E-state index in [4.69, 9.17) is 14.2 Å². The summed E-state index contributed by atoms with van der Waals surface area (Å²) in [6, 6.07) is 3.41. The smallest absolute Gasteiger partial charge is 0.336 e. The first-order valence-corrected chi connectivity index (χ1v) is 11.3. The third-order valence-corrected chi connectivity index (χ3v) is 5.95. The van der Waals surface area contributed by atoms with Crippen molar-refractivity contribution >= 4 is 27.7 Å². The van der Waals surface area contributed by atoms with E-state index in [1.54, 1.807) is 12.1 Å². The predicted molar refractivity (Wildman–Crippen MR) is 119 cm³/mol. The average Bonchev–Trinajstić information content (AvgIpc) is 2.73. The summed E-state index contributed by atoms with van der Waals surface area (Å²) >= 11 is 3.37. The van der Waals surface area contributed by atoms with Crippen LogP contribution in [-0.4, -0.2) is 43.3 Å². The molecule has 0 saturated heterocycles. The number of ketones is 1. The van der Waals surface area contributed by atoms with E-state index in [2.05, 4.69) is 21.2 Å². The van der Waals surface area contributed by atoms with Crippen molar-refractivity contribution in [2.75, 3.05) is 26.4 Å². The van der Waals surface area contributed by atoms with E-state index in [9.17, 15) is 14.7 Å². The molecule has 0 fully saturated rings. The van der Waals surface area contributed by atoms with Gasteiger partial charge in [-0.1, -0.05) is 0 Å². The van der Waals surface area contributed by atoms with Gasteiger partial charge in [-0.3, -0.25) is 4.79 Å². The Labute approximate surface area is 190 Å². The van der Waals surface area contributed by atoms with Gasteiger partial charge in [0, 0.05) is 35.9 Å². The number of hydrogen-bond donors (Lipinski definition) is 2. The van der Waals surface area contributed by atoms with Gasteiger partial charge in [0.15, 0.2) is 17.3 Å². The second-order valence-electron chi connectivity index (χ2n) is 7.38. The van der Waals surface area contributed by atoms with Gasteiger partial charge in [-0.2, -0.15) is 0 Å². The van der Waals surface area contributed by atoms with Crippen LogP contribution < -0.4 is 10.1 Å². The van der Waals surface area contributed by atoms with Crippen LogP contribution in [0.2, 0.25) is 0 Å². The molecule has 0 amide bonds. The Morgan fingerprint density at radius 1 is 1.23 bits per heavy atom. The number of Topliss-reactive ketones (excluding diaryl/α,β-unsaturated/α-hetero) is 1. The van der Waals surface area contributed by atoms with E-state index >= 15 is 0 Å². The summed E-state index contributed by atoms with van der Waals surface area (Å²) in [5.74, 6) is -0.836. The van der Waals surface area contributed by atoms with Gasteiger partial charge < -0.3 is 24.6 Å². The summed E-state index contributed by atoms with van der Waals surface area (Å²) in [5.41, 5.74) is 3.13. The molecule has 1 aromatic rings. The van der Waals surface area contributed by atoms with Crippen LogP contribution >= 0.6 is 15.9 Å². The molecule has 2 aliphatic rings. The highest BCUT2D eigenvalue weighted by Gasteiger charge is 2.39. The first-order valence-electron chi connectivity index (χ1n) is 10.5. The standard InChI is InChI=1S/C23H28BrNO6/c1-4-29-9-10-31-23(28)19-13(3)25-16-7-6-8-17(26)21(16)20(19)14-11-15(24)22(27)18(12-14)30-5-2/h11-12,20,25,27H,4-10H2,1-3H3. The first-order chi connectivity index (χ1) is 14.9. The van der Waals surface area contributed by atoms with E-state index in [1.165, 1.54) is 0 Å². The normalized spacial score (nSPS) is 18.6. The Bertz CT molecular complexity index is 936. The molecule has 7 nitrogen and oxygen atoms in total. The molecule has 3 rings (SSSR count). The third kappa shape index (κ3) is 4.96. The lowest BCUT2D eigenvalue weighted by Gasteiger charge is -2.34. The van der Waals surface area contributed by atoms with Gasteiger partial charge in [0.05, 0.1) is 23.3 Å². The number of esters is 1. The fraction of sp³-hybridized carbons (Fsp3) is 0.478. The summed E-state index contributed by atoms with van der Waals surface area (Å²) < 4.78 is 16.7. The predicted octanol–water partition coefficient (Wildman–Crippen LogP) is 4.10. The zero-order valence-corrected chi connectivity index (χ0v) is 19.6. The van der Waals surface area contributed by atoms with Crippen molar-refractivity contribution < 1.29 is 28.9 Å². The van der Waals surface area contributed by atoms with Crippen LogP contribution in [0.3, 0.4) is 0 Å². The Morgan fingerprint density at radius 3 is 2.71 bits per heavy atom. The average molecular weight is 494 g/mol. The van der Waals surface area contributed by atoms with Gasteiger partial charge in [0.2, 0.25) is 0 Å². The quantitative estimate of drug-likeness (QED) is 0.415. The maximum atomic E-state index is 13.1. The molecule has 1 unspecified atom stereocenters. The molecule has 0 radical (unpaired) electrons. The number of aromatic hydroxyl groups is 1. The van der Waals surface area contributed by atoms with Crippen molar-refractivity contribution in [3.8, 4) is 11.5 Å². The zero-order chi connectivity index (χ0) is 22.5. The van der Waals surface area contributed by atoms with Crippen molar-refractivity contribution in [2.24, 2.45) is 0 Å². The number of benzene rings is 1. The van der Waals surface area contributed by atoms with Crippen molar-refractivity contribution in [1.29, 1.82) is 0 Å². The molecule has 8 heteroatoms. The summed E-state index contributed by atoms with van der Waals surface area (Å²) in [5, 5.41) is 13.6. The maximum Gasteiger partial charge on any atom is 0.336 e. The molecule has 168 valence electrons. The minimum absolute atomic E-state index is 0.00743. The van der Waals surface area contributed by atoms with E-state index in [1.807, 2.05) is 20.8 Å². The van der Waals surface area contributed by atoms with Gasteiger partial charge in [-0.15, -0.1) is 0 Å². The number of phenols is 1. The molecule has 31 heavy (non-hydrogen) atoms. The van der Waals surface area contributed by atoms with Crippen molar-refractivity contribution in [3.05, 3.63) is 44.7 Å². The molecule has 0 bridgehead atoms. The molecule has 0 spiro atoms. The summed E-state index contributed by atoms with van der Waals surface area (Å²) in [6.45, 7) is 6.84. The number of ether oxygens (including phenoxy) is 3. The van der Waals surface area contributed by atoms with E-state index < -0.39 is 11.9 Å². The lowest BCUT2D eigenvalue weighted by atomic mass is 9.75. The van der Waals surface area contributed by atoms with E-state index in [-0.39, 0.29) is 23.9 Å². The second-order valence-corrected chi connectivity index (χ2v) is 8.24. The lowest BCUT2D eigenvalue weighted by molar-refractivity contribution is -0.140. The number of halogens is 1. The molecular weight excluding hydrogens is 466 g/mol. The fourth-order valence-electron chi connectivity index (χ4n) is 4.03. The van der Waals surface area contributed by atoms with Crippen molar-refractivity contribution in [1.82, 2.24) is 5.32 Å². The highest BCUT2D eigenvalue weighted by atomic mass is 79.9. The van der Waals surface area contributed by atoms with Crippen molar-refractivity contribution in [3.63, 3.8) is 0 Å². The number of carbonyl (C=O) groups excluding carboxylic acids is 2. The number of carbonyl (C=O) groups is 2. The van der Waals surface area contributed by atoms with Crippen molar-refractivity contribution in [2.45, 2.75) is 46.0 Å². The van der Waals surface area contributed by atoms with Crippen LogP contribution in [0.5, 0.6) is 11.5 Å². The zero-order valence-electron chi connectivity index (χ0n) is 18.0. The van der Waals surface area contributed by atoms with Gasteiger partial charge in [-0.05, 0) is 67.2 Å². The fourth-order valence-corrected chi connectivity index (χ4v) is 4.49. The van der Waals surface area contributed by atoms with Crippen LogP contribution in [0.15, 0.2) is 39.1 Å². The molecular formula is C23H28BrNO6. The van der Waals surface area contributed by atoms with Crippen LogP contribution in [0.1, 0.15) is 51.5 Å².